The van der Waals surface area contributed by atoms with Gasteiger partial charge in [0.15, 0.2) is 0 Å². The Morgan fingerprint density at radius 1 is 1.35 bits per heavy atom. The molecule has 0 saturated carbocycles. The number of rotatable bonds is 8. The second-order valence-corrected chi connectivity index (χ2v) is 8.80. The van der Waals surface area contributed by atoms with Crippen LogP contribution in [0, 0.1) is 6.92 Å². The van der Waals surface area contributed by atoms with Crippen LogP contribution >= 0.6 is 11.9 Å². The maximum absolute atomic E-state index is 11.3. The molecule has 164 valence electrons. The van der Waals surface area contributed by atoms with Crippen LogP contribution in [0.15, 0.2) is 53.8 Å². The molecule has 31 heavy (non-hydrogen) atoms. The fraction of sp³-hybridized carbons (Fsp3) is 0.360. The lowest BCUT2D eigenvalue weighted by Gasteiger charge is -2.22. The van der Waals surface area contributed by atoms with Crippen LogP contribution in [0.1, 0.15) is 51.0 Å². The molecular weight excluding hydrogens is 404 g/mol. The van der Waals surface area contributed by atoms with E-state index in [4.69, 9.17) is 4.98 Å². The van der Waals surface area contributed by atoms with E-state index in [1.54, 1.807) is 23.9 Å². The molecule has 1 aliphatic carbocycles. The molecule has 5 nitrogen and oxygen atoms in total. The summed E-state index contributed by atoms with van der Waals surface area (Å²) in [5.41, 5.74) is 7.65. The van der Waals surface area contributed by atoms with Gasteiger partial charge in [-0.05, 0) is 69.4 Å². The van der Waals surface area contributed by atoms with Crippen molar-refractivity contribution in [3.8, 4) is 0 Å². The van der Waals surface area contributed by atoms with Crippen molar-refractivity contribution in [2.24, 2.45) is 0 Å². The fourth-order valence-corrected chi connectivity index (χ4v) is 4.42. The minimum absolute atomic E-state index is 0.223. The molecule has 1 amide bonds. The van der Waals surface area contributed by atoms with Gasteiger partial charge in [0.1, 0.15) is 11.3 Å². The summed E-state index contributed by atoms with van der Waals surface area (Å²) in [7, 11) is 1.75. The zero-order valence-electron chi connectivity index (χ0n) is 19.3. The average Bonchev–Trinajstić information content (AvgIpc) is 3.09. The van der Waals surface area contributed by atoms with E-state index in [-0.39, 0.29) is 6.04 Å². The first-order valence-electron chi connectivity index (χ1n) is 10.6. The molecule has 0 saturated heterocycles. The van der Waals surface area contributed by atoms with Gasteiger partial charge in [0.2, 0.25) is 6.41 Å². The minimum Gasteiger partial charge on any atom is -0.328 e. The van der Waals surface area contributed by atoms with Gasteiger partial charge in [-0.15, -0.1) is 0 Å². The van der Waals surface area contributed by atoms with Crippen LogP contribution in [0.5, 0.6) is 0 Å². The SMILES string of the molecule is CSNc1cc(/C(C=C(C)C)=C/N(C)C=O)cc2c1nc(C)n2C(C)C1=CC=CCC1. The number of carbonyl (C=O) groups is 1. The number of nitrogens with one attached hydrogen (secondary N) is 1. The number of imidazole rings is 1. The standard InChI is InChI=1S/C25H32N4OS/c1-17(2)12-22(15-28(5)16-30)21-13-23(27-31-6)25-24(14-21)29(19(4)26-25)18(3)20-10-8-7-9-11-20/h7-8,10,12-16,18,27H,9,11H2,1-6H3/b22-15+. The van der Waals surface area contributed by atoms with Gasteiger partial charge in [-0.3, -0.25) is 4.79 Å². The maximum atomic E-state index is 11.3. The van der Waals surface area contributed by atoms with Crippen molar-refractivity contribution < 1.29 is 4.79 Å². The second kappa shape index (κ2) is 10.1. The Balaban J connectivity index is 2.25. The van der Waals surface area contributed by atoms with Crippen molar-refractivity contribution in [1.29, 1.82) is 0 Å². The zero-order chi connectivity index (χ0) is 22.5. The third-order valence-corrected chi connectivity index (χ3v) is 5.86. The Hall–Kier alpha value is -2.73. The van der Waals surface area contributed by atoms with E-state index in [0.29, 0.717) is 0 Å². The third-order valence-electron chi connectivity index (χ3n) is 5.44. The first kappa shape index (κ1) is 22.9. The number of benzene rings is 1. The summed E-state index contributed by atoms with van der Waals surface area (Å²) in [6.07, 6.45) is 15.6. The van der Waals surface area contributed by atoms with E-state index < -0.39 is 0 Å². The van der Waals surface area contributed by atoms with Gasteiger partial charge in [-0.1, -0.05) is 41.8 Å². The Labute approximate surface area is 189 Å². The summed E-state index contributed by atoms with van der Waals surface area (Å²) in [4.78, 5) is 17.8. The molecule has 1 heterocycles. The molecule has 0 fully saturated rings. The molecule has 1 atom stereocenters. The first-order chi connectivity index (χ1) is 14.8. The zero-order valence-corrected chi connectivity index (χ0v) is 20.1. The first-order valence-corrected chi connectivity index (χ1v) is 11.8. The number of aryl methyl sites for hydroxylation is 1. The summed E-state index contributed by atoms with van der Waals surface area (Å²) < 4.78 is 5.74. The molecule has 1 unspecified atom stereocenters. The van der Waals surface area contributed by atoms with Crippen molar-refractivity contribution in [3.63, 3.8) is 0 Å². The van der Waals surface area contributed by atoms with Crippen molar-refractivity contribution in [1.82, 2.24) is 14.5 Å². The number of carbonyl (C=O) groups excluding carboxylic acids is 1. The number of allylic oxidation sites excluding steroid dienone is 7. The van der Waals surface area contributed by atoms with Crippen LogP contribution in [-0.2, 0) is 4.79 Å². The molecule has 0 spiro atoms. The van der Waals surface area contributed by atoms with E-state index in [9.17, 15) is 4.79 Å². The van der Waals surface area contributed by atoms with Crippen LogP contribution in [-0.4, -0.2) is 34.2 Å². The smallest absolute Gasteiger partial charge is 0.213 e. The molecule has 1 aliphatic rings. The van der Waals surface area contributed by atoms with Crippen molar-refractivity contribution in [2.75, 3.05) is 18.0 Å². The van der Waals surface area contributed by atoms with Gasteiger partial charge in [0, 0.05) is 19.5 Å². The number of nitrogens with zero attached hydrogens (tertiary/aromatic N) is 3. The Morgan fingerprint density at radius 2 is 2.13 bits per heavy atom. The largest absolute Gasteiger partial charge is 0.328 e. The lowest BCUT2D eigenvalue weighted by molar-refractivity contribution is -0.114. The van der Waals surface area contributed by atoms with Crippen LogP contribution in [0.2, 0.25) is 0 Å². The van der Waals surface area contributed by atoms with E-state index in [1.165, 1.54) is 11.1 Å². The molecular formula is C25H32N4OS. The molecule has 2 aromatic rings. The number of hydrogen-bond acceptors (Lipinski definition) is 4. The van der Waals surface area contributed by atoms with Gasteiger partial charge in [0.25, 0.3) is 0 Å². The number of fused-ring (bicyclic) bond motifs is 1. The summed E-state index contributed by atoms with van der Waals surface area (Å²) in [6, 6.07) is 4.54. The average molecular weight is 437 g/mol. The maximum Gasteiger partial charge on any atom is 0.213 e. The highest BCUT2D eigenvalue weighted by Crippen LogP contribution is 2.35. The quantitative estimate of drug-likeness (QED) is 0.301. The van der Waals surface area contributed by atoms with E-state index in [1.807, 2.05) is 12.5 Å². The van der Waals surface area contributed by atoms with E-state index in [0.717, 1.165) is 52.9 Å². The molecule has 3 rings (SSSR count). The Morgan fingerprint density at radius 3 is 2.74 bits per heavy atom. The highest BCUT2D eigenvalue weighted by atomic mass is 32.2. The van der Waals surface area contributed by atoms with Crippen LogP contribution in [0.25, 0.3) is 16.6 Å². The molecule has 0 bridgehead atoms. The van der Waals surface area contributed by atoms with Crippen LogP contribution < -0.4 is 4.72 Å². The van der Waals surface area contributed by atoms with E-state index >= 15 is 0 Å². The molecule has 1 N–H and O–H groups in total. The highest BCUT2D eigenvalue weighted by Gasteiger charge is 2.20. The van der Waals surface area contributed by atoms with Gasteiger partial charge in [0.05, 0.1) is 17.2 Å². The fourth-order valence-electron chi connectivity index (χ4n) is 4.04. The van der Waals surface area contributed by atoms with E-state index in [2.05, 4.69) is 73.4 Å². The number of anilines is 1. The predicted octanol–water partition coefficient (Wildman–Crippen LogP) is 6.27. The molecule has 1 aromatic carbocycles. The monoisotopic (exact) mass is 436 g/mol. The van der Waals surface area contributed by atoms with Gasteiger partial charge < -0.3 is 14.2 Å². The number of amides is 1. The lowest BCUT2D eigenvalue weighted by atomic mass is 9.98. The van der Waals surface area contributed by atoms with Crippen molar-refractivity contribution in [3.05, 3.63) is 65.2 Å². The topological polar surface area (TPSA) is 50.2 Å². The molecule has 1 aromatic heterocycles. The van der Waals surface area contributed by atoms with Gasteiger partial charge >= 0.3 is 0 Å². The van der Waals surface area contributed by atoms with Crippen molar-refractivity contribution >= 4 is 40.7 Å². The van der Waals surface area contributed by atoms with Crippen LogP contribution in [0.4, 0.5) is 5.69 Å². The van der Waals surface area contributed by atoms with Crippen LogP contribution in [0.3, 0.4) is 0 Å². The Bertz CT molecular complexity index is 1090. The number of aromatic nitrogens is 2. The second-order valence-electron chi connectivity index (χ2n) is 8.19. The normalized spacial score (nSPS) is 14.9. The molecule has 0 radical (unpaired) electrons. The molecule has 0 aliphatic heterocycles. The minimum atomic E-state index is 0.223. The van der Waals surface area contributed by atoms with Crippen molar-refractivity contribution in [2.45, 2.75) is 46.6 Å². The summed E-state index contributed by atoms with van der Waals surface area (Å²) in [5, 5.41) is 0. The summed E-state index contributed by atoms with van der Waals surface area (Å²) in [5.74, 6) is 0.997. The van der Waals surface area contributed by atoms with Gasteiger partial charge in [-0.25, -0.2) is 4.98 Å². The third kappa shape index (κ3) is 5.13. The Kier molecular flexibility index (Phi) is 7.44. The molecule has 6 heteroatoms. The highest BCUT2D eigenvalue weighted by molar-refractivity contribution is 7.99. The predicted molar refractivity (Wildman–Crippen MR) is 134 cm³/mol. The summed E-state index contributed by atoms with van der Waals surface area (Å²) in [6.45, 7) is 8.45. The number of hydrogen-bond donors (Lipinski definition) is 1. The lowest BCUT2D eigenvalue weighted by Crippen LogP contribution is -2.11. The van der Waals surface area contributed by atoms with Gasteiger partial charge in [-0.2, -0.15) is 0 Å². The summed E-state index contributed by atoms with van der Waals surface area (Å²) >= 11 is 1.55.